The fourth-order valence-corrected chi connectivity index (χ4v) is 2.38. The number of nitrogens with one attached hydrogen (secondary N) is 1. The lowest BCUT2D eigenvalue weighted by atomic mass is 9.98. The summed E-state index contributed by atoms with van der Waals surface area (Å²) in [5.41, 5.74) is 1.80. The van der Waals surface area contributed by atoms with E-state index in [-0.39, 0.29) is 12.0 Å². The van der Waals surface area contributed by atoms with Gasteiger partial charge in [0.15, 0.2) is 5.58 Å². The van der Waals surface area contributed by atoms with Gasteiger partial charge in [0.25, 0.3) is 0 Å². The number of hydrogen-bond donors (Lipinski definition) is 2. The Morgan fingerprint density at radius 2 is 2.41 bits per heavy atom. The minimum Gasteiger partial charge on any atom is -0.481 e. The SMILES string of the molecule is O=C(O)C1CNC(c2cccc3oncc23)C1. The molecule has 2 N–H and O–H groups in total. The summed E-state index contributed by atoms with van der Waals surface area (Å²) in [7, 11) is 0. The van der Waals surface area contributed by atoms with Crippen LogP contribution in [-0.4, -0.2) is 22.8 Å². The number of nitrogens with zero attached hydrogens (tertiary/aromatic N) is 1. The lowest BCUT2D eigenvalue weighted by molar-refractivity contribution is -0.141. The van der Waals surface area contributed by atoms with Gasteiger partial charge in [0.2, 0.25) is 0 Å². The zero-order valence-electron chi connectivity index (χ0n) is 9.09. The topological polar surface area (TPSA) is 75.4 Å². The molecule has 1 aromatic carbocycles. The summed E-state index contributed by atoms with van der Waals surface area (Å²) < 4.78 is 5.10. The van der Waals surface area contributed by atoms with E-state index in [0.29, 0.717) is 13.0 Å². The van der Waals surface area contributed by atoms with Crippen molar-refractivity contribution in [2.75, 3.05) is 6.54 Å². The van der Waals surface area contributed by atoms with E-state index in [1.807, 2.05) is 18.2 Å². The first-order valence-electron chi connectivity index (χ1n) is 5.55. The highest BCUT2D eigenvalue weighted by Gasteiger charge is 2.31. The molecule has 3 rings (SSSR count). The normalized spacial score (nSPS) is 24.2. The highest BCUT2D eigenvalue weighted by Crippen LogP contribution is 2.31. The van der Waals surface area contributed by atoms with Crippen LogP contribution in [0, 0.1) is 5.92 Å². The van der Waals surface area contributed by atoms with Crippen molar-refractivity contribution in [3.63, 3.8) is 0 Å². The molecule has 88 valence electrons. The van der Waals surface area contributed by atoms with Gasteiger partial charge in [-0.1, -0.05) is 17.3 Å². The predicted molar refractivity (Wildman–Crippen MR) is 60.5 cm³/mol. The van der Waals surface area contributed by atoms with E-state index < -0.39 is 5.97 Å². The maximum atomic E-state index is 10.9. The number of benzene rings is 1. The van der Waals surface area contributed by atoms with Gasteiger partial charge in [0.1, 0.15) is 0 Å². The average Bonchev–Trinajstić information content (AvgIpc) is 2.97. The summed E-state index contributed by atoms with van der Waals surface area (Å²) in [6, 6.07) is 5.81. The van der Waals surface area contributed by atoms with Crippen molar-refractivity contribution in [1.29, 1.82) is 0 Å². The van der Waals surface area contributed by atoms with Crippen molar-refractivity contribution >= 4 is 16.9 Å². The summed E-state index contributed by atoms with van der Waals surface area (Å²) in [6.07, 6.45) is 2.29. The van der Waals surface area contributed by atoms with Crippen molar-refractivity contribution in [1.82, 2.24) is 10.5 Å². The van der Waals surface area contributed by atoms with Crippen LogP contribution in [0.4, 0.5) is 0 Å². The quantitative estimate of drug-likeness (QED) is 0.821. The molecule has 0 radical (unpaired) electrons. The Morgan fingerprint density at radius 1 is 1.53 bits per heavy atom. The molecule has 0 spiro atoms. The summed E-state index contributed by atoms with van der Waals surface area (Å²) >= 11 is 0. The second-order valence-electron chi connectivity index (χ2n) is 4.32. The van der Waals surface area contributed by atoms with E-state index >= 15 is 0 Å². The number of hydrogen-bond acceptors (Lipinski definition) is 4. The van der Waals surface area contributed by atoms with Gasteiger partial charge in [0.05, 0.1) is 12.1 Å². The molecule has 0 saturated carbocycles. The van der Waals surface area contributed by atoms with Crippen LogP contribution in [0.15, 0.2) is 28.9 Å². The van der Waals surface area contributed by atoms with Crippen LogP contribution in [0.5, 0.6) is 0 Å². The number of aliphatic carboxylic acids is 1. The number of aromatic nitrogens is 1. The number of fused-ring (bicyclic) bond motifs is 1. The largest absolute Gasteiger partial charge is 0.481 e. The molecule has 2 aromatic rings. The standard InChI is InChI=1S/C12H12N2O3/c15-12(16)7-4-10(13-5-7)8-2-1-3-11-9(8)6-14-17-11/h1-3,6-7,10,13H,4-5H2,(H,15,16). The molecular weight excluding hydrogens is 220 g/mol. The van der Waals surface area contributed by atoms with Gasteiger partial charge in [-0.25, -0.2) is 0 Å². The third-order valence-corrected chi connectivity index (χ3v) is 3.29. The smallest absolute Gasteiger partial charge is 0.307 e. The van der Waals surface area contributed by atoms with E-state index in [1.54, 1.807) is 6.20 Å². The van der Waals surface area contributed by atoms with E-state index in [4.69, 9.17) is 9.63 Å². The molecular formula is C12H12N2O3. The number of carbonyl (C=O) groups is 1. The van der Waals surface area contributed by atoms with Crippen LogP contribution >= 0.6 is 0 Å². The monoisotopic (exact) mass is 232 g/mol. The van der Waals surface area contributed by atoms with E-state index in [2.05, 4.69) is 10.5 Å². The molecule has 2 unspecified atom stereocenters. The van der Waals surface area contributed by atoms with Gasteiger partial charge in [-0.15, -0.1) is 0 Å². The summed E-state index contributed by atoms with van der Waals surface area (Å²) in [4.78, 5) is 10.9. The van der Waals surface area contributed by atoms with Crippen molar-refractivity contribution < 1.29 is 14.4 Å². The first-order chi connectivity index (χ1) is 8.25. The van der Waals surface area contributed by atoms with Gasteiger partial charge >= 0.3 is 5.97 Å². The van der Waals surface area contributed by atoms with Crippen LogP contribution in [0.2, 0.25) is 0 Å². The fraction of sp³-hybridized carbons (Fsp3) is 0.333. The molecule has 17 heavy (non-hydrogen) atoms. The third kappa shape index (κ3) is 1.68. The van der Waals surface area contributed by atoms with Gasteiger partial charge in [0, 0.05) is 18.0 Å². The zero-order chi connectivity index (χ0) is 11.8. The molecule has 5 heteroatoms. The minimum atomic E-state index is -0.738. The molecule has 2 atom stereocenters. The van der Waals surface area contributed by atoms with Gasteiger partial charge < -0.3 is 14.9 Å². The molecule has 0 aliphatic carbocycles. The van der Waals surface area contributed by atoms with Crippen LogP contribution < -0.4 is 5.32 Å². The number of rotatable bonds is 2. The Balaban J connectivity index is 1.95. The Hall–Kier alpha value is -1.88. The fourth-order valence-electron chi connectivity index (χ4n) is 2.38. The van der Waals surface area contributed by atoms with Crippen molar-refractivity contribution in [3.05, 3.63) is 30.0 Å². The van der Waals surface area contributed by atoms with E-state index in [0.717, 1.165) is 16.5 Å². The summed E-state index contributed by atoms with van der Waals surface area (Å²) in [5.74, 6) is -1.05. The lowest BCUT2D eigenvalue weighted by Gasteiger charge is -2.10. The van der Waals surface area contributed by atoms with E-state index in [1.165, 1.54) is 0 Å². The van der Waals surface area contributed by atoms with Crippen LogP contribution in [0.3, 0.4) is 0 Å². The average molecular weight is 232 g/mol. The van der Waals surface area contributed by atoms with Gasteiger partial charge in [-0.05, 0) is 18.1 Å². The van der Waals surface area contributed by atoms with Gasteiger partial charge in [-0.2, -0.15) is 0 Å². The van der Waals surface area contributed by atoms with Crippen molar-refractivity contribution in [2.45, 2.75) is 12.5 Å². The Bertz CT molecular complexity index is 564. The zero-order valence-corrected chi connectivity index (χ0v) is 9.09. The third-order valence-electron chi connectivity index (χ3n) is 3.29. The summed E-state index contributed by atoms with van der Waals surface area (Å²) in [5, 5.41) is 16.9. The Labute approximate surface area is 97.4 Å². The second kappa shape index (κ2) is 3.85. The molecule has 1 fully saturated rings. The van der Waals surface area contributed by atoms with Crippen molar-refractivity contribution in [2.24, 2.45) is 5.92 Å². The highest BCUT2D eigenvalue weighted by molar-refractivity contribution is 5.80. The van der Waals surface area contributed by atoms with E-state index in [9.17, 15) is 4.79 Å². The molecule has 1 aliphatic heterocycles. The maximum absolute atomic E-state index is 10.9. The lowest BCUT2D eigenvalue weighted by Crippen LogP contribution is -2.17. The molecule has 1 saturated heterocycles. The van der Waals surface area contributed by atoms with Crippen LogP contribution in [0.25, 0.3) is 11.0 Å². The van der Waals surface area contributed by atoms with Crippen LogP contribution in [-0.2, 0) is 4.79 Å². The molecule has 5 nitrogen and oxygen atoms in total. The van der Waals surface area contributed by atoms with Gasteiger partial charge in [-0.3, -0.25) is 4.79 Å². The Kier molecular flexibility index (Phi) is 2.33. The predicted octanol–water partition coefficient (Wildman–Crippen LogP) is 1.56. The summed E-state index contributed by atoms with van der Waals surface area (Å²) in [6.45, 7) is 0.516. The molecule has 0 bridgehead atoms. The first kappa shape index (κ1) is 10.3. The minimum absolute atomic E-state index is 0.0687. The first-order valence-corrected chi connectivity index (χ1v) is 5.55. The number of carboxylic acids is 1. The molecule has 1 aliphatic rings. The van der Waals surface area contributed by atoms with Crippen LogP contribution in [0.1, 0.15) is 18.0 Å². The Morgan fingerprint density at radius 3 is 3.18 bits per heavy atom. The number of carboxylic acid groups (broad SMARTS) is 1. The second-order valence-corrected chi connectivity index (χ2v) is 4.32. The molecule has 0 amide bonds. The highest BCUT2D eigenvalue weighted by atomic mass is 16.5. The van der Waals surface area contributed by atoms with Crippen molar-refractivity contribution in [3.8, 4) is 0 Å². The maximum Gasteiger partial charge on any atom is 0.307 e. The molecule has 1 aromatic heterocycles. The molecule has 2 heterocycles.